The van der Waals surface area contributed by atoms with Gasteiger partial charge in [-0.15, -0.1) is 0 Å². The van der Waals surface area contributed by atoms with Gasteiger partial charge in [0.05, 0.1) is 0 Å². The molecule has 0 radical (unpaired) electrons. The van der Waals surface area contributed by atoms with Gasteiger partial charge in [0.1, 0.15) is 0 Å². The smallest absolute Gasteiger partial charge is 0.0376 e. The number of rotatable bonds is 7. The van der Waals surface area contributed by atoms with Gasteiger partial charge in [-0.3, -0.25) is 0 Å². The van der Waals surface area contributed by atoms with Crippen molar-refractivity contribution in [3.63, 3.8) is 0 Å². The van der Waals surface area contributed by atoms with E-state index in [1.165, 1.54) is 48.9 Å². The fourth-order valence-electron chi connectivity index (χ4n) is 2.54. The molecular weight excluding hydrogens is 220 g/mol. The minimum Gasteiger partial charge on any atom is -0.384 e. The molecule has 2 rings (SSSR count). The van der Waals surface area contributed by atoms with Crippen LogP contribution >= 0.6 is 0 Å². The van der Waals surface area contributed by atoms with Crippen molar-refractivity contribution in [1.82, 2.24) is 5.32 Å². The topological polar surface area (TPSA) is 24.1 Å². The van der Waals surface area contributed by atoms with Crippen LogP contribution in [0.1, 0.15) is 50.7 Å². The second-order valence-corrected chi connectivity index (χ2v) is 5.45. The van der Waals surface area contributed by atoms with Gasteiger partial charge in [-0.1, -0.05) is 38.3 Å². The summed E-state index contributed by atoms with van der Waals surface area (Å²) in [5.41, 5.74) is 4.20. The summed E-state index contributed by atoms with van der Waals surface area (Å²) in [7, 11) is 0. The predicted octanol–water partition coefficient (Wildman–Crippen LogP) is 3.71. The van der Waals surface area contributed by atoms with Gasteiger partial charge in [-0.05, 0) is 37.0 Å². The molecule has 1 heterocycles. The molecule has 2 nitrogen and oxygen atoms in total. The van der Waals surface area contributed by atoms with Crippen LogP contribution in [0, 0.1) is 0 Å². The van der Waals surface area contributed by atoms with Gasteiger partial charge in [-0.25, -0.2) is 0 Å². The highest BCUT2D eigenvalue weighted by molar-refractivity contribution is 5.56. The first-order valence-electron chi connectivity index (χ1n) is 7.38. The molecule has 0 bridgehead atoms. The zero-order valence-electron chi connectivity index (χ0n) is 11.8. The highest BCUT2D eigenvalue weighted by Crippen LogP contribution is 2.23. The van der Waals surface area contributed by atoms with Crippen molar-refractivity contribution >= 4 is 5.69 Å². The molecule has 100 valence electrons. The van der Waals surface area contributed by atoms with E-state index in [2.05, 4.69) is 42.7 Å². The van der Waals surface area contributed by atoms with Crippen molar-refractivity contribution < 1.29 is 0 Å². The van der Waals surface area contributed by atoms with Gasteiger partial charge in [0.25, 0.3) is 0 Å². The largest absolute Gasteiger partial charge is 0.384 e. The van der Waals surface area contributed by atoms with Crippen LogP contribution in [0.4, 0.5) is 5.69 Å². The van der Waals surface area contributed by atoms with Crippen LogP contribution in [0.5, 0.6) is 0 Å². The zero-order chi connectivity index (χ0) is 12.8. The number of anilines is 1. The molecule has 0 spiro atoms. The Bertz CT molecular complexity index is 373. The lowest BCUT2D eigenvalue weighted by Gasteiger charge is -2.14. The van der Waals surface area contributed by atoms with E-state index in [0.29, 0.717) is 6.04 Å². The molecular formula is C16H26N2. The highest BCUT2D eigenvalue weighted by Gasteiger charge is 2.10. The summed E-state index contributed by atoms with van der Waals surface area (Å²) in [6, 6.07) is 7.46. The maximum atomic E-state index is 3.62. The first-order chi connectivity index (χ1) is 8.79. The Kier molecular flexibility index (Phi) is 5.06. The van der Waals surface area contributed by atoms with E-state index in [-0.39, 0.29) is 0 Å². The molecule has 1 aliphatic rings. The Balaban J connectivity index is 1.76. The van der Waals surface area contributed by atoms with Crippen LogP contribution < -0.4 is 10.6 Å². The molecule has 0 fully saturated rings. The number of hydrogen-bond acceptors (Lipinski definition) is 2. The summed E-state index contributed by atoms with van der Waals surface area (Å²) in [5.74, 6) is 0. The molecule has 0 amide bonds. The van der Waals surface area contributed by atoms with Crippen molar-refractivity contribution in [2.24, 2.45) is 0 Å². The van der Waals surface area contributed by atoms with Gasteiger partial charge in [0.15, 0.2) is 0 Å². The lowest BCUT2D eigenvalue weighted by Crippen LogP contribution is -2.25. The Labute approximate surface area is 111 Å². The maximum absolute atomic E-state index is 3.62. The lowest BCUT2D eigenvalue weighted by molar-refractivity contribution is 0.487. The van der Waals surface area contributed by atoms with Crippen LogP contribution in [-0.4, -0.2) is 12.6 Å². The van der Waals surface area contributed by atoms with E-state index in [0.717, 1.165) is 13.1 Å². The molecule has 1 aromatic rings. The minimum atomic E-state index is 0.623. The molecule has 18 heavy (non-hydrogen) atoms. The van der Waals surface area contributed by atoms with Gasteiger partial charge < -0.3 is 10.6 Å². The molecule has 1 unspecified atom stereocenters. The normalized spacial score (nSPS) is 15.2. The number of unbranched alkanes of at least 4 members (excludes halogenated alkanes) is 2. The van der Waals surface area contributed by atoms with E-state index in [1.807, 2.05) is 0 Å². The van der Waals surface area contributed by atoms with E-state index in [4.69, 9.17) is 0 Å². The number of nitrogens with one attached hydrogen (secondary N) is 2. The molecule has 1 aromatic carbocycles. The summed E-state index contributed by atoms with van der Waals surface area (Å²) in [5, 5.41) is 7.06. The molecule has 0 saturated carbocycles. The summed E-state index contributed by atoms with van der Waals surface area (Å²) in [6.45, 7) is 6.64. The molecule has 1 atom stereocenters. The van der Waals surface area contributed by atoms with Crippen LogP contribution in [0.2, 0.25) is 0 Å². The van der Waals surface area contributed by atoms with E-state index >= 15 is 0 Å². The van der Waals surface area contributed by atoms with Crippen molar-refractivity contribution in [3.8, 4) is 0 Å². The van der Waals surface area contributed by atoms with Crippen molar-refractivity contribution in [3.05, 3.63) is 29.3 Å². The first-order valence-corrected chi connectivity index (χ1v) is 7.38. The molecule has 0 aliphatic carbocycles. The average Bonchev–Trinajstić information content (AvgIpc) is 2.84. The van der Waals surface area contributed by atoms with Crippen molar-refractivity contribution in [2.75, 3.05) is 11.9 Å². The molecule has 2 heteroatoms. The van der Waals surface area contributed by atoms with E-state index in [1.54, 1.807) is 0 Å². The maximum Gasteiger partial charge on any atom is 0.0376 e. The SMILES string of the molecule is CCCCCC(C)NCc1ccc2c(c1)NCC2. The Morgan fingerprint density at radius 3 is 3.06 bits per heavy atom. The van der Waals surface area contributed by atoms with E-state index in [9.17, 15) is 0 Å². The zero-order valence-corrected chi connectivity index (χ0v) is 11.8. The third kappa shape index (κ3) is 3.74. The van der Waals surface area contributed by atoms with Crippen LogP contribution in [0.25, 0.3) is 0 Å². The third-order valence-corrected chi connectivity index (χ3v) is 3.78. The molecule has 0 saturated heterocycles. The Morgan fingerprint density at radius 1 is 1.33 bits per heavy atom. The van der Waals surface area contributed by atoms with Crippen LogP contribution in [-0.2, 0) is 13.0 Å². The van der Waals surface area contributed by atoms with Gasteiger partial charge >= 0.3 is 0 Å². The Hall–Kier alpha value is -1.02. The van der Waals surface area contributed by atoms with Crippen LogP contribution in [0.15, 0.2) is 18.2 Å². The molecule has 0 aromatic heterocycles. The predicted molar refractivity (Wildman–Crippen MR) is 79.1 cm³/mol. The summed E-state index contributed by atoms with van der Waals surface area (Å²) in [6.07, 6.45) is 6.47. The van der Waals surface area contributed by atoms with Crippen LogP contribution in [0.3, 0.4) is 0 Å². The van der Waals surface area contributed by atoms with E-state index < -0.39 is 0 Å². The highest BCUT2D eigenvalue weighted by atomic mass is 14.9. The summed E-state index contributed by atoms with van der Waals surface area (Å²) < 4.78 is 0. The average molecular weight is 246 g/mol. The van der Waals surface area contributed by atoms with Gasteiger partial charge in [-0.2, -0.15) is 0 Å². The quantitative estimate of drug-likeness (QED) is 0.717. The fraction of sp³-hybridized carbons (Fsp3) is 0.625. The van der Waals surface area contributed by atoms with Gasteiger partial charge in [0.2, 0.25) is 0 Å². The fourth-order valence-corrected chi connectivity index (χ4v) is 2.54. The molecule has 2 N–H and O–H groups in total. The standard InChI is InChI=1S/C16H26N2/c1-3-4-5-6-13(2)18-12-14-7-8-15-9-10-17-16(15)11-14/h7-8,11,13,17-18H,3-6,9-10,12H2,1-2H3. The third-order valence-electron chi connectivity index (χ3n) is 3.78. The lowest BCUT2D eigenvalue weighted by atomic mass is 10.1. The van der Waals surface area contributed by atoms with Crippen molar-refractivity contribution in [1.29, 1.82) is 0 Å². The second-order valence-electron chi connectivity index (χ2n) is 5.45. The second kappa shape index (κ2) is 6.79. The number of benzene rings is 1. The molecule has 1 aliphatic heterocycles. The summed E-state index contributed by atoms with van der Waals surface area (Å²) >= 11 is 0. The van der Waals surface area contributed by atoms with Gasteiger partial charge in [0, 0.05) is 24.8 Å². The number of hydrogen-bond donors (Lipinski definition) is 2. The summed E-state index contributed by atoms with van der Waals surface area (Å²) in [4.78, 5) is 0. The number of fused-ring (bicyclic) bond motifs is 1. The first kappa shape index (κ1) is 13.4. The Morgan fingerprint density at radius 2 is 2.22 bits per heavy atom. The van der Waals surface area contributed by atoms with Crippen molar-refractivity contribution in [2.45, 2.75) is 58.5 Å². The monoisotopic (exact) mass is 246 g/mol. The minimum absolute atomic E-state index is 0.623.